The second-order valence-electron chi connectivity index (χ2n) is 4.95. The van der Waals surface area contributed by atoms with Gasteiger partial charge in [-0.05, 0) is 30.7 Å². The van der Waals surface area contributed by atoms with E-state index in [2.05, 4.69) is 10.4 Å². The number of nitrogens with one attached hydrogen (secondary N) is 1. The minimum Gasteiger partial charge on any atom is -0.365 e. The molecule has 0 fully saturated rings. The molecule has 6 heteroatoms. The molecule has 2 aromatic rings. The number of nitrogens with zero attached hydrogens (tertiary/aromatic N) is 2. The number of benzene rings is 1. The summed E-state index contributed by atoms with van der Waals surface area (Å²) in [5.41, 5.74) is 8.44. The maximum absolute atomic E-state index is 13.6. The Labute approximate surface area is 115 Å². The van der Waals surface area contributed by atoms with Crippen LogP contribution in [0.2, 0.25) is 0 Å². The van der Waals surface area contributed by atoms with Crippen molar-refractivity contribution in [2.75, 3.05) is 6.54 Å². The molecule has 1 aromatic heterocycles. The SMILES string of the molecule is Cc1cc(F)cc(-c2nn3c(c2C(N)=O)CNCC3)c1. The predicted molar refractivity (Wildman–Crippen MR) is 72.6 cm³/mol. The second kappa shape index (κ2) is 4.72. The first kappa shape index (κ1) is 12.8. The zero-order valence-electron chi connectivity index (χ0n) is 11.1. The first-order valence-corrected chi connectivity index (χ1v) is 6.44. The molecule has 1 amide bonds. The number of hydrogen-bond donors (Lipinski definition) is 2. The molecule has 0 atom stereocenters. The van der Waals surface area contributed by atoms with Crippen molar-refractivity contribution < 1.29 is 9.18 Å². The molecule has 1 aliphatic heterocycles. The molecule has 20 heavy (non-hydrogen) atoms. The van der Waals surface area contributed by atoms with E-state index < -0.39 is 5.91 Å². The summed E-state index contributed by atoms with van der Waals surface area (Å²) in [7, 11) is 0. The third-order valence-electron chi connectivity index (χ3n) is 3.41. The number of hydrogen-bond acceptors (Lipinski definition) is 3. The molecule has 2 heterocycles. The van der Waals surface area contributed by atoms with Crippen LogP contribution in [0.1, 0.15) is 21.6 Å². The van der Waals surface area contributed by atoms with E-state index in [9.17, 15) is 9.18 Å². The van der Waals surface area contributed by atoms with E-state index in [4.69, 9.17) is 5.73 Å². The van der Waals surface area contributed by atoms with E-state index in [0.29, 0.717) is 29.9 Å². The Morgan fingerprint density at radius 3 is 2.95 bits per heavy atom. The third-order valence-corrected chi connectivity index (χ3v) is 3.41. The fourth-order valence-electron chi connectivity index (χ4n) is 2.59. The highest BCUT2D eigenvalue weighted by Crippen LogP contribution is 2.27. The summed E-state index contributed by atoms with van der Waals surface area (Å²) in [5, 5.41) is 7.61. The lowest BCUT2D eigenvalue weighted by Crippen LogP contribution is -2.30. The van der Waals surface area contributed by atoms with Gasteiger partial charge >= 0.3 is 0 Å². The van der Waals surface area contributed by atoms with Crippen molar-refractivity contribution >= 4 is 5.91 Å². The maximum Gasteiger partial charge on any atom is 0.252 e. The van der Waals surface area contributed by atoms with Crippen molar-refractivity contribution in [1.82, 2.24) is 15.1 Å². The van der Waals surface area contributed by atoms with Crippen LogP contribution in [-0.2, 0) is 13.1 Å². The van der Waals surface area contributed by atoms with Gasteiger partial charge in [0.1, 0.15) is 11.5 Å². The highest BCUT2D eigenvalue weighted by Gasteiger charge is 2.24. The largest absolute Gasteiger partial charge is 0.365 e. The maximum atomic E-state index is 13.6. The van der Waals surface area contributed by atoms with Crippen molar-refractivity contribution in [2.24, 2.45) is 5.73 Å². The highest BCUT2D eigenvalue weighted by atomic mass is 19.1. The number of rotatable bonds is 2. The summed E-state index contributed by atoms with van der Waals surface area (Å²) in [6, 6.07) is 4.61. The molecular weight excluding hydrogens is 259 g/mol. The second-order valence-corrected chi connectivity index (χ2v) is 4.95. The number of halogens is 1. The van der Waals surface area contributed by atoms with E-state index >= 15 is 0 Å². The number of aromatic nitrogens is 2. The smallest absolute Gasteiger partial charge is 0.252 e. The monoisotopic (exact) mass is 274 g/mol. The Morgan fingerprint density at radius 1 is 1.45 bits per heavy atom. The predicted octanol–water partition coefficient (Wildman–Crippen LogP) is 1.20. The number of amides is 1. The van der Waals surface area contributed by atoms with Crippen LogP contribution in [0.3, 0.4) is 0 Å². The molecule has 1 aromatic carbocycles. The average Bonchev–Trinajstić information content (AvgIpc) is 2.76. The Bertz CT molecular complexity index is 672. The minimum absolute atomic E-state index is 0.348. The molecule has 0 saturated heterocycles. The number of carbonyl (C=O) groups is 1. The van der Waals surface area contributed by atoms with Crippen LogP contribution in [0.5, 0.6) is 0 Å². The summed E-state index contributed by atoms with van der Waals surface area (Å²) in [4.78, 5) is 11.7. The Balaban J connectivity index is 2.22. The summed E-state index contributed by atoms with van der Waals surface area (Å²) in [5.74, 6) is -0.883. The number of primary amides is 1. The lowest BCUT2D eigenvalue weighted by molar-refractivity contribution is 0.0999. The van der Waals surface area contributed by atoms with Crippen LogP contribution in [-0.4, -0.2) is 22.2 Å². The minimum atomic E-state index is -0.535. The molecule has 0 bridgehead atoms. The van der Waals surface area contributed by atoms with Gasteiger partial charge in [-0.25, -0.2) is 4.39 Å². The van der Waals surface area contributed by atoms with Gasteiger partial charge in [0.2, 0.25) is 0 Å². The number of carbonyl (C=O) groups excluding carboxylic acids is 1. The molecule has 3 rings (SSSR count). The van der Waals surface area contributed by atoms with Gasteiger partial charge in [-0.3, -0.25) is 9.48 Å². The van der Waals surface area contributed by atoms with Crippen LogP contribution in [0, 0.1) is 12.7 Å². The summed E-state index contributed by atoms with van der Waals surface area (Å²) in [6.45, 7) is 3.80. The van der Waals surface area contributed by atoms with Gasteiger partial charge in [-0.2, -0.15) is 5.10 Å². The van der Waals surface area contributed by atoms with Crippen molar-refractivity contribution in [3.8, 4) is 11.3 Å². The Hall–Kier alpha value is -2.21. The molecular formula is C14H15FN4O. The highest BCUT2D eigenvalue weighted by molar-refractivity contribution is 6.00. The van der Waals surface area contributed by atoms with Crippen LogP contribution in [0.15, 0.2) is 18.2 Å². The Kier molecular flexibility index (Phi) is 3.02. The number of fused-ring (bicyclic) bond motifs is 1. The normalized spacial score (nSPS) is 14.1. The van der Waals surface area contributed by atoms with E-state index in [1.165, 1.54) is 12.1 Å². The topological polar surface area (TPSA) is 72.9 Å². The van der Waals surface area contributed by atoms with Crippen molar-refractivity contribution in [3.05, 3.63) is 40.8 Å². The molecule has 5 nitrogen and oxygen atoms in total. The van der Waals surface area contributed by atoms with Gasteiger partial charge in [0, 0.05) is 18.7 Å². The summed E-state index contributed by atoms with van der Waals surface area (Å²) < 4.78 is 15.3. The van der Waals surface area contributed by atoms with Gasteiger partial charge in [0.25, 0.3) is 5.91 Å². The van der Waals surface area contributed by atoms with E-state index in [1.807, 2.05) is 0 Å². The van der Waals surface area contributed by atoms with Gasteiger partial charge in [-0.15, -0.1) is 0 Å². The fourth-order valence-corrected chi connectivity index (χ4v) is 2.59. The van der Waals surface area contributed by atoms with Crippen molar-refractivity contribution in [2.45, 2.75) is 20.0 Å². The molecule has 1 aliphatic rings. The quantitative estimate of drug-likeness (QED) is 0.864. The summed E-state index contributed by atoms with van der Waals surface area (Å²) in [6.07, 6.45) is 0. The van der Waals surface area contributed by atoms with Crippen LogP contribution < -0.4 is 11.1 Å². The standard InChI is InChI=1S/C14H15FN4O/c1-8-4-9(6-10(15)5-8)13-12(14(16)20)11-7-17-2-3-19(11)18-13/h4-6,17H,2-3,7H2,1H3,(H2,16,20). The van der Waals surface area contributed by atoms with Gasteiger partial charge in [0.05, 0.1) is 17.8 Å². The van der Waals surface area contributed by atoms with E-state index in [1.54, 1.807) is 17.7 Å². The van der Waals surface area contributed by atoms with Gasteiger partial charge < -0.3 is 11.1 Å². The first-order chi connectivity index (χ1) is 9.56. The van der Waals surface area contributed by atoms with Crippen LogP contribution in [0.4, 0.5) is 4.39 Å². The molecule has 0 radical (unpaired) electrons. The Morgan fingerprint density at radius 2 is 2.25 bits per heavy atom. The summed E-state index contributed by atoms with van der Waals surface area (Å²) >= 11 is 0. The lowest BCUT2D eigenvalue weighted by Gasteiger charge is -2.15. The number of nitrogens with two attached hydrogens (primary N) is 1. The molecule has 0 aliphatic carbocycles. The lowest BCUT2D eigenvalue weighted by atomic mass is 10.0. The molecule has 0 unspecified atom stereocenters. The number of aryl methyl sites for hydroxylation is 1. The average molecular weight is 274 g/mol. The van der Waals surface area contributed by atoms with Crippen LogP contribution >= 0.6 is 0 Å². The fraction of sp³-hybridized carbons (Fsp3) is 0.286. The molecule has 0 spiro atoms. The molecule has 104 valence electrons. The van der Waals surface area contributed by atoms with E-state index in [0.717, 1.165) is 17.8 Å². The molecule has 0 saturated carbocycles. The van der Waals surface area contributed by atoms with Gasteiger partial charge in [0.15, 0.2) is 0 Å². The third kappa shape index (κ3) is 2.08. The van der Waals surface area contributed by atoms with Crippen molar-refractivity contribution in [1.29, 1.82) is 0 Å². The zero-order chi connectivity index (χ0) is 14.3. The first-order valence-electron chi connectivity index (χ1n) is 6.44. The zero-order valence-corrected chi connectivity index (χ0v) is 11.1. The van der Waals surface area contributed by atoms with E-state index in [-0.39, 0.29) is 5.82 Å². The van der Waals surface area contributed by atoms with Crippen molar-refractivity contribution in [3.63, 3.8) is 0 Å². The van der Waals surface area contributed by atoms with Gasteiger partial charge in [-0.1, -0.05) is 0 Å². The van der Waals surface area contributed by atoms with Crippen LogP contribution in [0.25, 0.3) is 11.3 Å². The molecule has 3 N–H and O–H groups in total.